The number of benzene rings is 1. The van der Waals surface area contributed by atoms with Crippen molar-refractivity contribution < 1.29 is 17.9 Å². The first kappa shape index (κ1) is 15.0. The number of sulfonamides is 1. The molecule has 0 aliphatic carbocycles. The highest BCUT2D eigenvalue weighted by molar-refractivity contribution is 7.92. The molecule has 0 fully saturated rings. The van der Waals surface area contributed by atoms with Crippen LogP contribution in [0.15, 0.2) is 41.8 Å². The van der Waals surface area contributed by atoms with Crippen LogP contribution in [0.5, 0.6) is 0 Å². The number of hydrogen-bond donors (Lipinski definition) is 1. The Bertz CT molecular complexity index is 752. The summed E-state index contributed by atoms with van der Waals surface area (Å²) in [4.78, 5) is 15.4. The zero-order chi connectivity index (χ0) is 15.5. The number of ether oxygens (including phenoxy) is 1. The SMILES string of the molecule is CCOC(=O)c1cccc(NS(=O)(=O)c2cn(C)cn2)c1. The summed E-state index contributed by atoms with van der Waals surface area (Å²) in [6, 6.07) is 6.08. The maximum absolute atomic E-state index is 12.1. The maximum Gasteiger partial charge on any atom is 0.338 e. The van der Waals surface area contributed by atoms with Gasteiger partial charge in [0.15, 0.2) is 5.03 Å². The van der Waals surface area contributed by atoms with Crippen LogP contribution >= 0.6 is 0 Å². The van der Waals surface area contributed by atoms with Crippen molar-refractivity contribution in [2.75, 3.05) is 11.3 Å². The molecule has 0 saturated carbocycles. The van der Waals surface area contributed by atoms with E-state index < -0.39 is 16.0 Å². The smallest absolute Gasteiger partial charge is 0.338 e. The normalized spacial score (nSPS) is 11.1. The Morgan fingerprint density at radius 3 is 2.81 bits per heavy atom. The third kappa shape index (κ3) is 3.60. The Morgan fingerprint density at radius 2 is 2.19 bits per heavy atom. The molecule has 1 aromatic carbocycles. The lowest BCUT2D eigenvalue weighted by Crippen LogP contribution is -2.14. The topological polar surface area (TPSA) is 90.3 Å². The number of anilines is 1. The Kier molecular flexibility index (Phi) is 4.27. The van der Waals surface area contributed by atoms with Crippen LogP contribution in [0.4, 0.5) is 5.69 Å². The van der Waals surface area contributed by atoms with Crippen LogP contribution in [0.25, 0.3) is 0 Å². The number of imidazole rings is 1. The molecule has 112 valence electrons. The van der Waals surface area contributed by atoms with Gasteiger partial charge in [-0.3, -0.25) is 4.72 Å². The summed E-state index contributed by atoms with van der Waals surface area (Å²) in [5, 5.41) is -0.0912. The average Bonchev–Trinajstić information content (AvgIpc) is 2.86. The minimum Gasteiger partial charge on any atom is -0.462 e. The Morgan fingerprint density at radius 1 is 1.43 bits per heavy atom. The second-order valence-corrected chi connectivity index (χ2v) is 5.91. The summed E-state index contributed by atoms with van der Waals surface area (Å²) >= 11 is 0. The van der Waals surface area contributed by atoms with Crippen molar-refractivity contribution in [1.82, 2.24) is 9.55 Å². The number of rotatable bonds is 5. The zero-order valence-corrected chi connectivity index (χ0v) is 12.4. The van der Waals surface area contributed by atoms with Gasteiger partial charge < -0.3 is 9.30 Å². The van der Waals surface area contributed by atoms with E-state index in [2.05, 4.69) is 9.71 Å². The molecule has 21 heavy (non-hydrogen) atoms. The number of carbonyl (C=O) groups is 1. The van der Waals surface area contributed by atoms with E-state index in [4.69, 9.17) is 4.74 Å². The molecule has 0 saturated heterocycles. The van der Waals surface area contributed by atoms with Crippen molar-refractivity contribution in [3.63, 3.8) is 0 Å². The van der Waals surface area contributed by atoms with Gasteiger partial charge in [0.05, 0.1) is 18.5 Å². The standard InChI is InChI=1S/C13H15N3O4S/c1-3-20-13(17)10-5-4-6-11(7-10)15-21(18,19)12-8-16(2)9-14-12/h4-9,15H,3H2,1-2H3. The summed E-state index contributed by atoms with van der Waals surface area (Å²) in [5.74, 6) is -0.503. The average molecular weight is 309 g/mol. The summed E-state index contributed by atoms with van der Waals surface area (Å²) < 4.78 is 33.0. The van der Waals surface area contributed by atoms with Crippen LogP contribution in [0.3, 0.4) is 0 Å². The third-order valence-corrected chi connectivity index (χ3v) is 3.85. The number of aromatic nitrogens is 2. The second-order valence-electron chi connectivity index (χ2n) is 4.28. The molecule has 0 aliphatic rings. The van der Waals surface area contributed by atoms with Crippen LogP contribution in [0.1, 0.15) is 17.3 Å². The fraction of sp³-hybridized carbons (Fsp3) is 0.231. The first-order chi connectivity index (χ1) is 9.92. The highest BCUT2D eigenvalue weighted by atomic mass is 32.2. The molecule has 0 amide bonds. The molecule has 2 rings (SSSR count). The zero-order valence-electron chi connectivity index (χ0n) is 11.6. The predicted molar refractivity (Wildman–Crippen MR) is 76.4 cm³/mol. The summed E-state index contributed by atoms with van der Waals surface area (Å²) in [7, 11) is -2.11. The minimum atomic E-state index is -3.78. The van der Waals surface area contributed by atoms with Crippen molar-refractivity contribution in [2.45, 2.75) is 11.9 Å². The lowest BCUT2D eigenvalue weighted by atomic mass is 10.2. The molecule has 0 aliphatic heterocycles. The number of esters is 1. The number of nitrogens with zero attached hydrogens (tertiary/aromatic N) is 2. The van der Waals surface area contributed by atoms with Crippen molar-refractivity contribution in [3.8, 4) is 0 Å². The van der Waals surface area contributed by atoms with Crippen LogP contribution < -0.4 is 4.72 Å². The number of carbonyl (C=O) groups excluding carboxylic acids is 1. The van der Waals surface area contributed by atoms with Gasteiger partial charge in [-0.15, -0.1) is 0 Å². The van der Waals surface area contributed by atoms with Gasteiger partial charge in [-0.2, -0.15) is 8.42 Å². The quantitative estimate of drug-likeness (QED) is 0.843. The third-order valence-electron chi connectivity index (χ3n) is 2.58. The minimum absolute atomic E-state index is 0.0912. The Balaban J connectivity index is 2.24. The van der Waals surface area contributed by atoms with Gasteiger partial charge in [0, 0.05) is 18.9 Å². The molecule has 7 nitrogen and oxygen atoms in total. The first-order valence-corrected chi connectivity index (χ1v) is 7.68. The van der Waals surface area contributed by atoms with Crippen LogP contribution in [-0.2, 0) is 21.8 Å². The summed E-state index contributed by atoms with van der Waals surface area (Å²) in [6.07, 6.45) is 2.78. The Hall–Kier alpha value is -2.35. The molecule has 0 bridgehead atoms. The molecule has 0 spiro atoms. The van der Waals surface area contributed by atoms with Crippen molar-refractivity contribution in [1.29, 1.82) is 0 Å². The number of hydrogen-bond acceptors (Lipinski definition) is 5. The molecular formula is C13H15N3O4S. The van der Waals surface area contributed by atoms with E-state index in [-0.39, 0.29) is 22.9 Å². The van der Waals surface area contributed by atoms with E-state index >= 15 is 0 Å². The highest BCUT2D eigenvalue weighted by Crippen LogP contribution is 2.16. The summed E-state index contributed by atoms with van der Waals surface area (Å²) in [5.41, 5.74) is 0.546. The predicted octanol–water partition coefficient (Wildman–Crippen LogP) is 1.40. The lowest BCUT2D eigenvalue weighted by molar-refractivity contribution is 0.0526. The molecule has 8 heteroatoms. The molecule has 1 aromatic heterocycles. The van der Waals surface area contributed by atoms with E-state index in [1.165, 1.54) is 23.2 Å². The van der Waals surface area contributed by atoms with Gasteiger partial charge in [-0.25, -0.2) is 9.78 Å². The first-order valence-electron chi connectivity index (χ1n) is 6.20. The van der Waals surface area contributed by atoms with Gasteiger partial charge in [0.25, 0.3) is 10.0 Å². The number of aryl methyl sites for hydroxylation is 1. The van der Waals surface area contributed by atoms with E-state index in [1.807, 2.05) is 0 Å². The van der Waals surface area contributed by atoms with E-state index in [0.717, 1.165) is 0 Å². The van der Waals surface area contributed by atoms with Crippen LogP contribution in [0.2, 0.25) is 0 Å². The number of nitrogens with one attached hydrogen (secondary N) is 1. The molecule has 0 radical (unpaired) electrons. The maximum atomic E-state index is 12.1. The highest BCUT2D eigenvalue weighted by Gasteiger charge is 2.17. The molecule has 1 heterocycles. The van der Waals surface area contributed by atoms with Crippen LogP contribution in [0, 0.1) is 0 Å². The van der Waals surface area contributed by atoms with Crippen molar-refractivity contribution >= 4 is 21.7 Å². The molecule has 0 unspecified atom stereocenters. The second kappa shape index (κ2) is 5.96. The molecular weight excluding hydrogens is 294 g/mol. The monoisotopic (exact) mass is 309 g/mol. The van der Waals surface area contributed by atoms with Crippen molar-refractivity contribution in [3.05, 3.63) is 42.4 Å². The largest absolute Gasteiger partial charge is 0.462 e. The van der Waals surface area contributed by atoms with Gasteiger partial charge in [0.2, 0.25) is 0 Å². The van der Waals surface area contributed by atoms with E-state index in [0.29, 0.717) is 0 Å². The summed E-state index contributed by atoms with van der Waals surface area (Å²) in [6.45, 7) is 1.95. The van der Waals surface area contributed by atoms with Gasteiger partial charge in [-0.05, 0) is 25.1 Å². The molecule has 0 atom stereocenters. The van der Waals surface area contributed by atoms with Crippen molar-refractivity contribution in [2.24, 2.45) is 7.05 Å². The van der Waals surface area contributed by atoms with Gasteiger partial charge in [0.1, 0.15) is 0 Å². The Labute approximate surface area is 122 Å². The molecule has 2 aromatic rings. The van der Waals surface area contributed by atoms with E-state index in [9.17, 15) is 13.2 Å². The lowest BCUT2D eigenvalue weighted by Gasteiger charge is -2.07. The van der Waals surface area contributed by atoms with Gasteiger partial charge >= 0.3 is 5.97 Å². The van der Waals surface area contributed by atoms with Gasteiger partial charge in [-0.1, -0.05) is 6.07 Å². The van der Waals surface area contributed by atoms with Crippen LogP contribution in [-0.4, -0.2) is 30.5 Å². The fourth-order valence-corrected chi connectivity index (χ4v) is 2.69. The fourth-order valence-electron chi connectivity index (χ4n) is 1.66. The van der Waals surface area contributed by atoms with E-state index in [1.54, 1.807) is 32.2 Å². The molecule has 1 N–H and O–H groups in total.